The molecule has 7 heteroatoms. The summed E-state index contributed by atoms with van der Waals surface area (Å²) in [5.41, 5.74) is 1.75. The molecule has 0 spiro atoms. The predicted molar refractivity (Wildman–Crippen MR) is 74.6 cm³/mol. The third-order valence-corrected chi connectivity index (χ3v) is 2.98. The highest BCUT2D eigenvalue weighted by atomic mass is 16.5. The molecule has 0 unspecified atom stereocenters. The zero-order valence-corrected chi connectivity index (χ0v) is 11.4. The first-order valence-electron chi connectivity index (χ1n) is 5.95. The summed E-state index contributed by atoms with van der Waals surface area (Å²) in [4.78, 5) is 2.05. The number of rotatable bonds is 5. The molecule has 0 aliphatic rings. The van der Waals surface area contributed by atoms with E-state index in [0.717, 1.165) is 23.3 Å². The molecule has 2 rings (SSSR count). The number of ether oxygens (including phenoxy) is 1. The van der Waals surface area contributed by atoms with Gasteiger partial charge < -0.3 is 15.5 Å². The second-order valence-electron chi connectivity index (χ2n) is 4.28. The summed E-state index contributed by atoms with van der Waals surface area (Å²) in [7, 11) is 5.59. The lowest BCUT2D eigenvalue weighted by Gasteiger charge is -2.15. The Morgan fingerprint density at radius 1 is 1.47 bits per heavy atom. The number of aromatic nitrogens is 2. The van der Waals surface area contributed by atoms with Gasteiger partial charge in [-0.3, -0.25) is 4.68 Å². The van der Waals surface area contributed by atoms with E-state index >= 15 is 0 Å². The molecule has 2 N–H and O–H groups in total. The van der Waals surface area contributed by atoms with Crippen molar-refractivity contribution in [3.63, 3.8) is 0 Å². The van der Waals surface area contributed by atoms with E-state index in [2.05, 4.69) is 20.3 Å². The van der Waals surface area contributed by atoms with Crippen LogP contribution in [0.4, 0.5) is 11.5 Å². The highest BCUT2D eigenvalue weighted by Gasteiger charge is 2.13. The van der Waals surface area contributed by atoms with Crippen molar-refractivity contribution in [1.29, 1.82) is 0 Å². The van der Waals surface area contributed by atoms with Gasteiger partial charge in [0.15, 0.2) is 5.82 Å². The lowest BCUT2D eigenvalue weighted by Crippen LogP contribution is -2.22. The molecule has 7 nitrogen and oxygen atoms in total. The Labute approximate surface area is 111 Å². The van der Waals surface area contributed by atoms with Crippen LogP contribution in [0.15, 0.2) is 28.5 Å². The van der Waals surface area contributed by atoms with E-state index in [1.54, 1.807) is 7.11 Å². The summed E-state index contributed by atoms with van der Waals surface area (Å²) in [6.45, 7) is 1.42. The van der Waals surface area contributed by atoms with Crippen molar-refractivity contribution in [2.75, 3.05) is 32.2 Å². The van der Waals surface area contributed by atoms with Crippen LogP contribution in [0.3, 0.4) is 0 Å². The van der Waals surface area contributed by atoms with Crippen molar-refractivity contribution in [3.8, 4) is 0 Å². The second-order valence-corrected chi connectivity index (χ2v) is 4.28. The van der Waals surface area contributed by atoms with E-state index in [0.29, 0.717) is 12.3 Å². The molecule has 0 bridgehead atoms. The minimum Gasteiger partial charge on any atom is -0.383 e. The number of benzene rings is 1. The Hall–Kier alpha value is -2.15. The van der Waals surface area contributed by atoms with Gasteiger partial charge in [0.1, 0.15) is 0 Å². The number of likely N-dealkylation sites (N-methyl/N-ethyl adjacent to an activating group) is 1. The first-order valence-corrected chi connectivity index (χ1v) is 5.95. The van der Waals surface area contributed by atoms with Gasteiger partial charge in [0.25, 0.3) is 0 Å². The van der Waals surface area contributed by atoms with Gasteiger partial charge >= 0.3 is 0 Å². The normalized spacial score (nSPS) is 11.5. The fourth-order valence-electron chi connectivity index (χ4n) is 1.98. The van der Waals surface area contributed by atoms with Crippen molar-refractivity contribution in [2.24, 2.45) is 23.2 Å². The Morgan fingerprint density at radius 3 is 2.95 bits per heavy atom. The third-order valence-electron chi connectivity index (χ3n) is 2.98. The van der Waals surface area contributed by atoms with Crippen LogP contribution in [-0.4, -0.2) is 37.1 Å². The Morgan fingerprint density at radius 2 is 2.26 bits per heavy atom. The SMILES string of the molecule is COCCN(C)c1nn(C)c2ccc(N=NN)cc12. The van der Waals surface area contributed by atoms with Crippen LogP contribution in [0.25, 0.3) is 10.9 Å². The molecule has 1 aromatic heterocycles. The number of hydrogen-bond donors (Lipinski definition) is 1. The summed E-state index contributed by atoms with van der Waals surface area (Å²) < 4.78 is 6.93. The lowest BCUT2D eigenvalue weighted by molar-refractivity contribution is 0.206. The van der Waals surface area contributed by atoms with Crippen molar-refractivity contribution < 1.29 is 4.74 Å². The number of hydrogen-bond acceptors (Lipinski definition) is 5. The van der Waals surface area contributed by atoms with E-state index in [9.17, 15) is 0 Å². The van der Waals surface area contributed by atoms with Crippen LogP contribution in [0, 0.1) is 0 Å². The second kappa shape index (κ2) is 5.66. The van der Waals surface area contributed by atoms with Crippen LogP contribution < -0.4 is 10.7 Å². The first-order chi connectivity index (χ1) is 9.17. The summed E-state index contributed by atoms with van der Waals surface area (Å²) in [6.07, 6.45) is 0. The van der Waals surface area contributed by atoms with Crippen molar-refractivity contribution in [2.45, 2.75) is 0 Å². The standard InChI is InChI=1S/C12H18N6O/c1-17(6-7-19-3)12-10-8-9(14-16-13)4-5-11(10)18(2)15-12/h4-5,8H,6-7H2,1-3H3,(H2,13,14). The summed E-state index contributed by atoms with van der Waals surface area (Å²) >= 11 is 0. The summed E-state index contributed by atoms with van der Waals surface area (Å²) in [6, 6.07) is 5.75. The van der Waals surface area contributed by atoms with E-state index in [-0.39, 0.29) is 0 Å². The fourth-order valence-corrected chi connectivity index (χ4v) is 1.98. The van der Waals surface area contributed by atoms with Crippen molar-refractivity contribution in [3.05, 3.63) is 18.2 Å². The van der Waals surface area contributed by atoms with Crippen LogP contribution in [-0.2, 0) is 11.8 Å². The van der Waals surface area contributed by atoms with E-state index in [4.69, 9.17) is 10.6 Å². The van der Waals surface area contributed by atoms with Crippen LogP contribution in [0.5, 0.6) is 0 Å². The molecule has 0 amide bonds. The minimum absolute atomic E-state index is 0.650. The zero-order chi connectivity index (χ0) is 13.8. The maximum Gasteiger partial charge on any atom is 0.158 e. The quantitative estimate of drug-likeness (QED) is 0.504. The third kappa shape index (κ3) is 2.65. The summed E-state index contributed by atoms with van der Waals surface area (Å²) in [5.74, 6) is 5.98. The number of aryl methyl sites for hydroxylation is 1. The zero-order valence-electron chi connectivity index (χ0n) is 11.4. The predicted octanol–water partition coefficient (Wildman–Crippen LogP) is 1.61. The number of methoxy groups -OCH3 is 1. The van der Waals surface area contributed by atoms with Gasteiger partial charge in [0.2, 0.25) is 0 Å². The Bertz CT molecular complexity index is 591. The molecular formula is C12H18N6O. The number of nitrogens with zero attached hydrogens (tertiary/aromatic N) is 5. The number of anilines is 1. The maximum atomic E-state index is 5.09. The maximum absolute atomic E-state index is 5.09. The summed E-state index contributed by atoms with van der Waals surface area (Å²) in [5, 5.41) is 12.7. The number of nitrogens with two attached hydrogens (primary N) is 1. The molecule has 0 radical (unpaired) electrons. The average Bonchev–Trinajstić information content (AvgIpc) is 2.73. The number of fused-ring (bicyclic) bond motifs is 1. The molecule has 2 aromatic rings. The van der Waals surface area contributed by atoms with Crippen molar-refractivity contribution >= 4 is 22.4 Å². The van der Waals surface area contributed by atoms with Gasteiger partial charge in [0.05, 0.1) is 17.8 Å². The topological polar surface area (TPSA) is 81.0 Å². The molecule has 19 heavy (non-hydrogen) atoms. The largest absolute Gasteiger partial charge is 0.383 e. The van der Waals surface area contributed by atoms with E-state index in [1.807, 2.05) is 37.0 Å². The van der Waals surface area contributed by atoms with Gasteiger partial charge in [-0.1, -0.05) is 5.22 Å². The average molecular weight is 262 g/mol. The molecule has 1 aromatic carbocycles. The smallest absolute Gasteiger partial charge is 0.158 e. The highest BCUT2D eigenvalue weighted by molar-refractivity contribution is 5.92. The Kier molecular flexibility index (Phi) is 3.96. The van der Waals surface area contributed by atoms with E-state index < -0.39 is 0 Å². The molecule has 0 saturated carbocycles. The van der Waals surface area contributed by atoms with Gasteiger partial charge in [-0.25, -0.2) is 0 Å². The Balaban J connectivity index is 2.45. The first kappa shape index (κ1) is 13.3. The molecule has 102 valence electrons. The monoisotopic (exact) mass is 262 g/mol. The minimum atomic E-state index is 0.650. The van der Waals surface area contributed by atoms with Crippen LogP contribution in [0.1, 0.15) is 0 Å². The van der Waals surface area contributed by atoms with Crippen LogP contribution >= 0.6 is 0 Å². The van der Waals surface area contributed by atoms with Crippen molar-refractivity contribution in [1.82, 2.24) is 9.78 Å². The lowest BCUT2D eigenvalue weighted by atomic mass is 10.2. The van der Waals surface area contributed by atoms with Crippen LogP contribution in [0.2, 0.25) is 0 Å². The van der Waals surface area contributed by atoms with Gasteiger partial charge in [0, 0.05) is 33.1 Å². The molecule has 1 heterocycles. The molecule has 0 aliphatic carbocycles. The van der Waals surface area contributed by atoms with Gasteiger partial charge in [-0.15, -0.1) is 5.11 Å². The molecular weight excluding hydrogens is 244 g/mol. The molecule has 0 aliphatic heterocycles. The van der Waals surface area contributed by atoms with Gasteiger partial charge in [-0.2, -0.15) is 5.10 Å². The van der Waals surface area contributed by atoms with E-state index in [1.165, 1.54) is 0 Å². The fraction of sp³-hybridized carbons (Fsp3) is 0.417. The molecule has 0 fully saturated rings. The molecule has 0 saturated heterocycles. The molecule has 0 atom stereocenters. The highest BCUT2D eigenvalue weighted by Crippen LogP contribution is 2.28. The van der Waals surface area contributed by atoms with Gasteiger partial charge in [-0.05, 0) is 18.2 Å².